The molecule has 7 nitrogen and oxygen atoms in total. The zero-order valence-corrected chi connectivity index (χ0v) is 14.4. The molecule has 1 atom stereocenters. The lowest BCUT2D eigenvalue weighted by Crippen LogP contribution is -2.33. The summed E-state index contributed by atoms with van der Waals surface area (Å²) >= 11 is 1.09. The molecule has 1 saturated carbocycles. The zero-order valence-electron chi connectivity index (χ0n) is 12.8. The number of aromatic nitrogens is 1. The largest absolute Gasteiger partial charge is 0.497 e. The standard InChI is InChI=1S/C15H16N2O5S2/c1-22-11-4-2-3-10(7-11)13(15(18)19)17-24(20,21)12-8-16-14(23-12)9-5-6-9/h2-4,7-9,13,17H,5-6H2,1H3,(H,18,19). The zero-order chi connectivity index (χ0) is 17.3. The Morgan fingerprint density at radius 3 is 2.83 bits per heavy atom. The molecule has 0 saturated heterocycles. The minimum atomic E-state index is -3.97. The molecule has 1 aromatic carbocycles. The average Bonchev–Trinajstić information content (AvgIpc) is 3.28. The van der Waals surface area contributed by atoms with Crippen LogP contribution in [0.2, 0.25) is 0 Å². The van der Waals surface area contributed by atoms with Crippen LogP contribution in [-0.4, -0.2) is 31.6 Å². The third kappa shape index (κ3) is 3.58. The van der Waals surface area contributed by atoms with Gasteiger partial charge < -0.3 is 9.84 Å². The Morgan fingerprint density at radius 2 is 2.21 bits per heavy atom. The highest BCUT2D eigenvalue weighted by molar-refractivity contribution is 7.91. The highest BCUT2D eigenvalue weighted by Gasteiger charge is 2.31. The van der Waals surface area contributed by atoms with E-state index < -0.39 is 22.0 Å². The Balaban J connectivity index is 1.87. The van der Waals surface area contributed by atoms with Crippen molar-refractivity contribution in [3.05, 3.63) is 41.0 Å². The quantitative estimate of drug-likeness (QED) is 0.776. The topological polar surface area (TPSA) is 106 Å². The summed E-state index contributed by atoms with van der Waals surface area (Å²) in [6, 6.07) is 4.88. The van der Waals surface area contributed by atoms with Crippen molar-refractivity contribution in [1.29, 1.82) is 0 Å². The van der Waals surface area contributed by atoms with Crippen LogP contribution in [0.15, 0.2) is 34.7 Å². The molecule has 0 spiro atoms. The van der Waals surface area contributed by atoms with E-state index in [1.165, 1.54) is 25.4 Å². The summed E-state index contributed by atoms with van der Waals surface area (Å²) in [7, 11) is -2.52. The van der Waals surface area contributed by atoms with Gasteiger partial charge in [-0.2, -0.15) is 4.72 Å². The van der Waals surface area contributed by atoms with Crippen LogP contribution in [0.4, 0.5) is 0 Å². The summed E-state index contributed by atoms with van der Waals surface area (Å²) in [5.41, 5.74) is 0.289. The highest BCUT2D eigenvalue weighted by atomic mass is 32.2. The second-order valence-electron chi connectivity index (χ2n) is 5.46. The number of hydrogen-bond donors (Lipinski definition) is 2. The Morgan fingerprint density at radius 1 is 1.46 bits per heavy atom. The Bertz CT molecular complexity index is 858. The van der Waals surface area contributed by atoms with Crippen molar-refractivity contribution in [2.75, 3.05) is 7.11 Å². The van der Waals surface area contributed by atoms with Crippen molar-refractivity contribution in [2.45, 2.75) is 29.0 Å². The molecule has 0 aliphatic heterocycles. The van der Waals surface area contributed by atoms with E-state index in [9.17, 15) is 18.3 Å². The fourth-order valence-electron chi connectivity index (χ4n) is 2.21. The van der Waals surface area contributed by atoms with Crippen molar-refractivity contribution < 1.29 is 23.1 Å². The Kier molecular flexibility index (Phi) is 4.57. The smallest absolute Gasteiger partial charge is 0.326 e. The Labute approximate surface area is 143 Å². The molecule has 0 bridgehead atoms. The van der Waals surface area contributed by atoms with Gasteiger partial charge in [0, 0.05) is 5.92 Å². The molecule has 3 rings (SSSR count). The van der Waals surface area contributed by atoms with Crippen molar-refractivity contribution in [3.63, 3.8) is 0 Å². The number of nitrogens with zero attached hydrogens (tertiary/aromatic N) is 1. The summed E-state index contributed by atoms with van der Waals surface area (Å²) in [5, 5.41) is 10.2. The number of nitrogens with one attached hydrogen (secondary N) is 1. The minimum absolute atomic E-state index is 0.0264. The maximum Gasteiger partial charge on any atom is 0.326 e. The molecule has 24 heavy (non-hydrogen) atoms. The number of methoxy groups -OCH3 is 1. The molecular formula is C15H16N2O5S2. The number of carboxylic acids is 1. The van der Waals surface area contributed by atoms with Gasteiger partial charge in [-0.25, -0.2) is 13.4 Å². The van der Waals surface area contributed by atoms with E-state index in [1.54, 1.807) is 12.1 Å². The van der Waals surface area contributed by atoms with Gasteiger partial charge in [0.05, 0.1) is 18.3 Å². The predicted molar refractivity (Wildman–Crippen MR) is 87.8 cm³/mol. The van der Waals surface area contributed by atoms with Crippen LogP contribution in [0, 0.1) is 0 Å². The van der Waals surface area contributed by atoms with Gasteiger partial charge in [0.1, 0.15) is 11.8 Å². The van der Waals surface area contributed by atoms with Gasteiger partial charge in [-0.3, -0.25) is 4.79 Å². The lowest BCUT2D eigenvalue weighted by atomic mass is 10.1. The number of benzene rings is 1. The van der Waals surface area contributed by atoms with Crippen molar-refractivity contribution in [2.24, 2.45) is 0 Å². The number of hydrogen-bond acceptors (Lipinski definition) is 6. The molecule has 1 heterocycles. The maximum atomic E-state index is 12.5. The van der Waals surface area contributed by atoms with Gasteiger partial charge in [0.25, 0.3) is 10.0 Å². The molecule has 2 N–H and O–H groups in total. The number of carbonyl (C=O) groups is 1. The highest BCUT2D eigenvalue weighted by Crippen LogP contribution is 2.42. The first kappa shape index (κ1) is 16.9. The molecular weight excluding hydrogens is 352 g/mol. The number of carboxylic acid groups (broad SMARTS) is 1. The number of rotatable bonds is 7. The van der Waals surface area contributed by atoms with Gasteiger partial charge in [0.15, 0.2) is 4.21 Å². The van der Waals surface area contributed by atoms with Crippen molar-refractivity contribution in [3.8, 4) is 5.75 Å². The van der Waals surface area contributed by atoms with E-state index in [0.717, 1.165) is 29.2 Å². The summed E-state index contributed by atoms with van der Waals surface area (Å²) in [6.45, 7) is 0. The molecule has 0 amide bonds. The number of ether oxygens (including phenoxy) is 1. The molecule has 1 aliphatic carbocycles. The predicted octanol–water partition coefficient (Wildman–Crippen LogP) is 2.13. The molecule has 0 radical (unpaired) electrons. The summed E-state index contributed by atoms with van der Waals surface area (Å²) in [5.74, 6) is -0.502. The maximum absolute atomic E-state index is 12.5. The van der Waals surface area contributed by atoms with E-state index in [2.05, 4.69) is 9.71 Å². The molecule has 1 aromatic heterocycles. The van der Waals surface area contributed by atoms with E-state index in [0.29, 0.717) is 11.7 Å². The second-order valence-corrected chi connectivity index (χ2v) is 8.46. The monoisotopic (exact) mass is 368 g/mol. The van der Waals surface area contributed by atoms with Gasteiger partial charge in [-0.05, 0) is 30.5 Å². The minimum Gasteiger partial charge on any atom is -0.497 e. The van der Waals surface area contributed by atoms with Crippen molar-refractivity contribution in [1.82, 2.24) is 9.71 Å². The first-order chi connectivity index (χ1) is 11.4. The second kappa shape index (κ2) is 6.50. The first-order valence-electron chi connectivity index (χ1n) is 7.25. The molecule has 1 aliphatic rings. The first-order valence-corrected chi connectivity index (χ1v) is 9.55. The van der Waals surface area contributed by atoms with Crippen LogP contribution < -0.4 is 9.46 Å². The summed E-state index contributed by atoms with van der Waals surface area (Å²) in [6.07, 6.45) is 3.31. The van der Waals surface area contributed by atoms with Crippen molar-refractivity contribution >= 4 is 27.3 Å². The number of thiazole rings is 1. The summed E-state index contributed by atoms with van der Waals surface area (Å²) < 4.78 is 32.3. The third-order valence-corrected chi connectivity index (χ3v) is 6.68. The van der Waals surface area contributed by atoms with Crippen LogP contribution >= 0.6 is 11.3 Å². The van der Waals surface area contributed by atoms with Crippen LogP contribution in [0.25, 0.3) is 0 Å². The fourth-order valence-corrected chi connectivity index (χ4v) is 4.72. The fraction of sp³-hybridized carbons (Fsp3) is 0.333. The van der Waals surface area contributed by atoms with E-state index in [-0.39, 0.29) is 9.77 Å². The number of sulfonamides is 1. The molecule has 128 valence electrons. The molecule has 1 fully saturated rings. The Hall–Kier alpha value is -1.97. The molecule has 9 heteroatoms. The normalized spacial score (nSPS) is 15.9. The van der Waals surface area contributed by atoms with Gasteiger partial charge in [-0.1, -0.05) is 12.1 Å². The van der Waals surface area contributed by atoms with Gasteiger partial charge in [-0.15, -0.1) is 11.3 Å². The van der Waals surface area contributed by atoms with E-state index in [1.807, 2.05) is 0 Å². The third-order valence-electron chi connectivity index (χ3n) is 3.64. The molecule has 1 unspecified atom stereocenters. The average molecular weight is 368 g/mol. The van der Waals surface area contributed by atoms with E-state index in [4.69, 9.17) is 4.74 Å². The van der Waals surface area contributed by atoms with Gasteiger partial charge in [0.2, 0.25) is 0 Å². The van der Waals surface area contributed by atoms with Crippen LogP contribution in [0.1, 0.15) is 35.4 Å². The van der Waals surface area contributed by atoms with Gasteiger partial charge >= 0.3 is 5.97 Å². The van der Waals surface area contributed by atoms with Crippen LogP contribution in [0.3, 0.4) is 0 Å². The number of aliphatic carboxylic acids is 1. The molecule has 2 aromatic rings. The lowest BCUT2D eigenvalue weighted by Gasteiger charge is -2.15. The van der Waals surface area contributed by atoms with Crippen LogP contribution in [0.5, 0.6) is 5.75 Å². The van der Waals surface area contributed by atoms with Crippen LogP contribution in [-0.2, 0) is 14.8 Å². The summed E-state index contributed by atoms with van der Waals surface area (Å²) in [4.78, 5) is 15.7. The van der Waals surface area contributed by atoms with E-state index >= 15 is 0 Å². The SMILES string of the molecule is COc1cccc(C(NS(=O)(=O)c2cnc(C3CC3)s2)C(=O)O)c1. The lowest BCUT2D eigenvalue weighted by molar-refractivity contribution is -0.139.